The Morgan fingerprint density at radius 2 is 1.73 bits per heavy atom. The SMILES string of the molecule is O=C(CCC1CCCCC1)NC(NC(=S)NC1CCCC2CCCNC21)C(Cl)(Cl)Cl. The van der Waals surface area contributed by atoms with Gasteiger partial charge in [-0.15, -0.1) is 0 Å². The molecule has 4 N–H and O–H groups in total. The van der Waals surface area contributed by atoms with Crippen LogP contribution in [0.2, 0.25) is 0 Å². The van der Waals surface area contributed by atoms with Crippen molar-refractivity contribution >= 4 is 58.0 Å². The number of thiocarbonyl (C=S) groups is 1. The summed E-state index contributed by atoms with van der Waals surface area (Å²) >= 11 is 23.9. The van der Waals surface area contributed by atoms with E-state index in [-0.39, 0.29) is 11.9 Å². The highest BCUT2D eigenvalue weighted by Gasteiger charge is 2.37. The maximum atomic E-state index is 12.5. The lowest BCUT2D eigenvalue weighted by Crippen LogP contribution is -2.62. The van der Waals surface area contributed by atoms with Crippen molar-refractivity contribution in [3.8, 4) is 0 Å². The van der Waals surface area contributed by atoms with Crippen LogP contribution < -0.4 is 21.3 Å². The topological polar surface area (TPSA) is 65.2 Å². The van der Waals surface area contributed by atoms with Gasteiger partial charge in [0.2, 0.25) is 9.70 Å². The second kappa shape index (κ2) is 11.7. The van der Waals surface area contributed by atoms with Crippen molar-refractivity contribution in [2.24, 2.45) is 11.8 Å². The van der Waals surface area contributed by atoms with E-state index in [0.717, 1.165) is 19.4 Å². The minimum atomic E-state index is -1.70. The number of amides is 1. The van der Waals surface area contributed by atoms with Gasteiger partial charge in [-0.2, -0.15) is 0 Å². The van der Waals surface area contributed by atoms with E-state index in [1.165, 1.54) is 57.8 Å². The first-order valence-electron chi connectivity index (χ1n) is 11.5. The molecule has 0 bridgehead atoms. The van der Waals surface area contributed by atoms with Crippen molar-refractivity contribution in [3.05, 3.63) is 0 Å². The third-order valence-electron chi connectivity index (χ3n) is 6.89. The lowest BCUT2D eigenvalue weighted by atomic mass is 9.76. The minimum Gasteiger partial charge on any atom is -0.358 e. The standard InChI is InChI=1S/C21H35Cl3N4OS/c22-21(23,24)19(27-17(29)12-11-14-6-2-1-3-7-14)28-20(30)26-16-10-4-8-15-9-5-13-25-18(15)16/h14-16,18-19,25H,1-13H2,(H,27,29)(H2,26,28,30). The molecule has 4 atom stereocenters. The molecular weight excluding hydrogens is 463 g/mol. The molecule has 30 heavy (non-hydrogen) atoms. The van der Waals surface area contributed by atoms with Crippen LogP contribution in [0.1, 0.15) is 77.0 Å². The fourth-order valence-corrected chi connectivity index (χ4v) is 5.90. The van der Waals surface area contributed by atoms with Crippen molar-refractivity contribution in [1.82, 2.24) is 21.3 Å². The van der Waals surface area contributed by atoms with E-state index in [0.29, 0.717) is 29.4 Å². The monoisotopic (exact) mass is 496 g/mol. The molecular formula is C21H35Cl3N4OS. The van der Waals surface area contributed by atoms with Crippen LogP contribution in [0.4, 0.5) is 0 Å². The number of hydrogen-bond donors (Lipinski definition) is 4. The van der Waals surface area contributed by atoms with Gasteiger partial charge in [-0.1, -0.05) is 73.3 Å². The van der Waals surface area contributed by atoms with Crippen molar-refractivity contribution in [2.75, 3.05) is 6.54 Å². The first-order valence-corrected chi connectivity index (χ1v) is 13.0. The maximum absolute atomic E-state index is 12.5. The Balaban J connectivity index is 1.48. The van der Waals surface area contributed by atoms with Crippen LogP contribution in [0.15, 0.2) is 0 Å². The molecule has 0 aromatic heterocycles. The fraction of sp³-hybridized carbons (Fsp3) is 0.905. The zero-order valence-electron chi connectivity index (χ0n) is 17.5. The Labute approximate surface area is 201 Å². The Hall–Kier alpha value is -0.0100. The third-order valence-corrected chi connectivity index (χ3v) is 7.78. The first-order chi connectivity index (χ1) is 14.3. The van der Waals surface area contributed by atoms with Crippen LogP contribution in [0, 0.1) is 11.8 Å². The van der Waals surface area contributed by atoms with E-state index in [2.05, 4.69) is 21.3 Å². The molecule has 9 heteroatoms. The Bertz CT molecular complexity index is 581. The quantitative estimate of drug-likeness (QED) is 0.246. The van der Waals surface area contributed by atoms with Gasteiger partial charge < -0.3 is 21.3 Å². The van der Waals surface area contributed by atoms with Crippen LogP contribution in [-0.4, -0.2) is 39.6 Å². The van der Waals surface area contributed by atoms with Gasteiger partial charge >= 0.3 is 0 Å². The van der Waals surface area contributed by atoms with Gasteiger partial charge in [0.25, 0.3) is 0 Å². The molecule has 3 aliphatic rings. The highest BCUT2D eigenvalue weighted by molar-refractivity contribution is 7.80. The number of fused-ring (bicyclic) bond motifs is 1. The van der Waals surface area contributed by atoms with Crippen molar-refractivity contribution in [1.29, 1.82) is 0 Å². The summed E-state index contributed by atoms with van der Waals surface area (Å²) in [5, 5.41) is 13.3. The van der Waals surface area contributed by atoms with Gasteiger partial charge in [-0.25, -0.2) is 0 Å². The number of nitrogens with one attached hydrogen (secondary N) is 4. The minimum absolute atomic E-state index is 0.112. The summed E-state index contributed by atoms with van der Waals surface area (Å²) in [6.07, 6.45) is 12.7. The van der Waals surface area contributed by atoms with Gasteiger partial charge in [-0.05, 0) is 62.7 Å². The molecule has 1 saturated heterocycles. The summed E-state index contributed by atoms with van der Waals surface area (Å²) < 4.78 is -1.70. The van der Waals surface area contributed by atoms with E-state index < -0.39 is 9.96 Å². The highest BCUT2D eigenvalue weighted by atomic mass is 35.6. The van der Waals surface area contributed by atoms with E-state index in [4.69, 9.17) is 47.0 Å². The Kier molecular flexibility index (Phi) is 9.64. The number of piperidine rings is 1. The third kappa shape index (κ3) is 7.54. The second-order valence-corrected chi connectivity index (χ2v) is 11.9. The Morgan fingerprint density at radius 1 is 1.00 bits per heavy atom. The molecule has 1 heterocycles. The molecule has 3 rings (SSSR count). The van der Waals surface area contributed by atoms with E-state index >= 15 is 0 Å². The summed E-state index contributed by atoms with van der Waals surface area (Å²) in [6, 6.07) is 0.672. The number of carbonyl (C=O) groups excluding carboxylic acids is 1. The van der Waals surface area contributed by atoms with Crippen LogP contribution in [-0.2, 0) is 4.79 Å². The number of rotatable bonds is 6. The molecule has 2 saturated carbocycles. The molecule has 0 radical (unpaired) electrons. The van der Waals surface area contributed by atoms with Gasteiger partial charge in [0.15, 0.2) is 5.11 Å². The second-order valence-electron chi connectivity index (χ2n) is 9.12. The number of halogens is 3. The summed E-state index contributed by atoms with van der Waals surface area (Å²) in [7, 11) is 0. The molecule has 1 amide bonds. The molecule has 0 aromatic rings. The summed E-state index contributed by atoms with van der Waals surface area (Å²) in [5.74, 6) is 1.21. The summed E-state index contributed by atoms with van der Waals surface area (Å²) in [4.78, 5) is 12.5. The van der Waals surface area contributed by atoms with Gasteiger partial charge in [0.05, 0.1) is 0 Å². The van der Waals surface area contributed by atoms with Crippen molar-refractivity contribution in [2.45, 2.75) is 99.1 Å². The maximum Gasteiger partial charge on any atom is 0.228 e. The predicted octanol–water partition coefficient (Wildman–Crippen LogP) is 4.54. The molecule has 1 aliphatic heterocycles. The molecule has 172 valence electrons. The Morgan fingerprint density at radius 3 is 2.47 bits per heavy atom. The average molecular weight is 498 g/mol. The fourth-order valence-electron chi connectivity index (χ4n) is 5.30. The highest BCUT2D eigenvalue weighted by Crippen LogP contribution is 2.32. The predicted molar refractivity (Wildman–Crippen MR) is 129 cm³/mol. The zero-order chi connectivity index (χ0) is 21.6. The largest absolute Gasteiger partial charge is 0.358 e. The number of hydrogen-bond acceptors (Lipinski definition) is 3. The summed E-state index contributed by atoms with van der Waals surface area (Å²) in [6.45, 7) is 1.05. The number of carbonyl (C=O) groups is 1. The van der Waals surface area contributed by atoms with Gasteiger partial charge in [0.1, 0.15) is 6.17 Å². The van der Waals surface area contributed by atoms with Crippen molar-refractivity contribution in [3.63, 3.8) is 0 Å². The molecule has 0 aromatic carbocycles. The van der Waals surface area contributed by atoms with Crippen LogP contribution in [0.5, 0.6) is 0 Å². The van der Waals surface area contributed by atoms with Crippen LogP contribution in [0.25, 0.3) is 0 Å². The van der Waals surface area contributed by atoms with Crippen molar-refractivity contribution < 1.29 is 4.79 Å². The summed E-state index contributed by atoms with van der Waals surface area (Å²) in [5.41, 5.74) is 0. The van der Waals surface area contributed by atoms with E-state index in [1.54, 1.807) is 0 Å². The average Bonchev–Trinajstić information content (AvgIpc) is 2.72. The lowest BCUT2D eigenvalue weighted by Gasteiger charge is -2.43. The molecule has 2 aliphatic carbocycles. The smallest absolute Gasteiger partial charge is 0.228 e. The van der Waals surface area contributed by atoms with E-state index in [9.17, 15) is 4.79 Å². The lowest BCUT2D eigenvalue weighted by molar-refractivity contribution is -0.122. The number of alkyl halides is 3. The van der Waals surface area contributed by atoms with Gasteiger partial charge in [-0.3, -0.25) is 4.79 Å². The molecule has 4 unspecified atom stereocenters. The van der Waals surface area contributed by atoms with Gasteiger partial charge in [0, 0.05) is 18.5 Å². The first kappa shape index (κ1) is 24.6. The molecule has 5 nitrogen and oxygen atoms in total. The normalized spacial score (nSPS) is 28.8. The zero-order valence-corrected chi connectivity index (χ0v) is 20.6. The van der Waals surface area contributed by atoms with E-state index in [1.807, 2.05) is 0 Å². The molecule has 0 spiro atoms. The molecule has 3 fully saturated rings. The van der Waals surface area contributed by atoms with Crippen LogP contribution >= 0.6 is 47.0 Å². The van der Waals surface area contributed by atoms with Crippen LogP contribution in [0.3, 0.4) is 0 Å².